The van der Waals surface area contributed by atoms with E-state index >= 15 is 0 Å². The van der Waals surface area contributed by atoms with E-state index in [-0.39, 0.29) is 59.9 Å². The third-order valence-corrected chi connectivity index (χ3v) is 14.9. The van der Waals surface area contributed by atoms with E-state index in [1.54, 1.807) is 18.2 Å². The fraction of sp³-hybridized carbons (Fsp3) is 0.293. The molecule has 2 heterocycles. The SMILES string of the molecule is CC(C)(C)Cc1ccc(-c2ccc(-c3cc(-c4[c-]c5ccccc5c(C(C)(C)C)c4)ncc3C(F)(F)F)cc2)cc1.CCC(CC)C(=O)/C=C(\O)C(CC)CC.Cc1[c-]c(-c2cc(-c3ccc(-c4ccccc4)cc3)ccn2)cc(C)c1.[Ir]. The number of nitrogens with zero attached hydrogens (tertiary/aromatic N) is 2. The number of allylic oxidation sites excluding steroid dienone is 2. The van der Waals surface area contributed by atoms with Gasteiger partial charge in [0.05, 0.1) is 11.3 Å². The molecule has 433 valence electrons. The molecule has 9 aromatic rings. The number of aryl methyl sites for hydroxylation is 2. The smallest absolute Gasteiger partial charge is 0.418 e. The first-order valence-corrected chi connectivity index (χ1v) is 28.8. The van der Waals surface area contributed by atoms with Gasteiger partial charge in [-0.25, -0.2) is 0 Å². The van der Waals surface area contributed by atoms with E-state index in [4.69, 9.17) is 0 Å². The number of fused-ring (bicyclic) bond motifs is 1. The number of aromatic nitrogens is 2. The summed E-state index contributed by atoms with van der Waals surface area (Å²) in [5.74, 6) is 0.547. The van der Waals surface area contributed by atoms with Gasteiger partial charge in [-0.2, -0.15) is 13.2 Å². The van der Waals surface area contributed by atoms with E-state index in [1.807, 2.05) is 76.4 Å². The number of halogens is 3. The molecule has 0 bridgehead atoms. The molecule has 1 N–H and O–H groups in total. The van der Waals surface area contributed by atoms with Crippen LogP contribution in [0.3, 0.4) is 0 Å². The minimum Gasteiger partial charge on any atom is -0.512 e. The van der Waals surface area contributed by atoms with Crippen molar-refractivity contribution in [2.45, 2.75) is 127 Å². The van der Waals surface area contributed by atoms with Gasteiger partial charge in [0.25, 0.3) is 0 Å². The second-order valence-corrected chi connectivity index (χ2v) is 23.6. The van der Waals surface area contributed by atoms with Crippen LogP contribution in [0.15, 0.2) is 188 Å². The molecule has 0 spiro atoms. The number of hydrogen-bond donors (Lipinski definition) is 1. The van der Waals surface area contributed by atoms with Crippen LogP contribution in [-0.2, 0) is 42.9 Å². The molecule has 2 aromatic heterocycles. The Labute approximate surface area is 505 Å². The van der Waals surface area contributed by atoms with Crippen LogP contribution in [0.2, 0.25) is 0 Å². The molecule has 0 amide bonds. The molecule has 9 rings (SSSR count). The molecule has 0 aliphatic carbocycles. The van der Waals surface area contributed by atoms with Crippen molar-refractivity contribution in [1.82, 2.24) is 9.97 Å². The van der Waals surface area contributed by atoms with Gasteiger partial charge >= 0.3 is 6.18 Å². The Morgan fingerprint density at radius 1 is 0.554 bits per heavy atom. The van der Waals surface area contributed by atoms with Crippen molar-refractivity contribution in [2.75, 3.05) is 0 Å². The van der Waals surface area contributed by atoms with Crippen LogP contribution in [0, 0.1) is 43.2 Å². The number of aliphatic hydroxyl groups excluding tert-OH is 1. The second kappa shape index (κ2) is 28.8. The van der Waals surface area contributed by atoms with Crippen molar-refractivity contribution in [1.29, 1.82) is 0 Å². The predicted molar refractivity (Wildman–Crippen MR) is 336 cm³/mol. The molecule has 0 aliphatic rings. The van der Waals surface area contributed by atoms with E-state index in [1.165, 1.54) is 39.5 Å². The third kappa shape index (κ3) is 17.6. The average molecular weight is 1290 g/mol. The minimum atomic E-state index is -4.54. The molecule has 8 heteroatoms. The van der Waals surface area contributed by atoms with Crippen LogP contribution in [-0.4, -0.2) is 20.9 Å². The van der Waals surface area contributed by atoms with Crippen LogP contribution in [0.1, 0.15) is 123 Å². The Kier molecular flexibility index (Phi) is 22.5. The number of benzene rings is 7. The molecule has 7 aromatic carbocycles. The Morgan fingerprint density at radius 2 is 1.06 bits per heavy atom. The number of alkyl halides is 3. The van der Waals surface area contributed by atoms with Crippen molar-refractivity contribution in [3.8, 4) is 67.0 Å². The van der Waals surface area contributed by atoms with Crippen LogP contribution in [0.5, 0.6) is 0 Å². The summed E-state index contributed by atoms with van der Waals surface area (Å²) in [6.07, 6.45) is 4.17. The molecule has 83 heavy (non-hydrogen) atoms. The molecule has 0 unspecified atom stereocenters. The van der Waals surface area contributed by atoms with Crippen LogP contribution >= 0.6 is 0 Å². The van der Waals surface area contributed by atoms with Crippen LogP contribution < -0.4 is 0 Å². The molecular formula is C75H79F3IrN2O2-2. The fourth-order valence-corrected chi connectivity index (χ4v) is 10.4. The molecule has 4 nitrogen and oxygen atoms in total. The van der Waals surface area contributed by atoms with E-state index in [0.717, 1.165) is 82.6 Å². The second-order valence-electron chi connectivity index (χ2n) is 23.6. The summed E-state index contributed by atoms with van der Waals surface area (Å²) in [5, 5.41) is 11.8. The van der Waals surface area contributed by atoms with Gasteiger partial charge in [0.15, 0.2) is 5.78 Å². The van der Waals surface area contributed by atoms with Gasteiger partial charge in [0, 0.05) is 56.1 Å². The van der Waals surface area contributed by atoms with Crippen molar-refractivity contribution in [3.05, 3.63) is 228 Å². The van der Waals surface area contributed by atoms with Crippen LogP contribution in [0.4, 0.5) is 13.2 Å². The van der Waals surface area contributed by atoms with Crippen molar-refractivity contribution < 1.29 is 43.2 Å². The summed E-state index contributed by atoms with van der Waals surface area (Å²) in [4.78, 5) is 20.5. The molecule has 0 fully saturated rings. The van der Waals surface area contributed by atoms with E-state index in [9.17, 15) is 23.1 Å². The number of pyridine rings is 2. The molecule has 0 saturated carbocycles. The number of carbonyl (C=O) groups is 1. The standard InChI is InChI=1S/C37H35F3N.C25H20N.C13H24O2.Ir/c1-35(2,3)22-24-11-13-25(14-12-24)26-15-17-27(18-16-26)31-21-34(41-23-33(31)37(38,39)40)29-19-28-9-7-8-10-30(28)32(20-29)36(4,5)6;1-18-14-19(2)16-24(15-18)25-17-23(12-13-26-25)22-10-8-21(9-11-22)20-6-4-3-5-7-20;1-5-10(6-2)12(14)9-13(15)11(7-3)8-4;/h7-18,20-21,23H,22H2,1-6H3;3-15,17H,1-2H3;9-11,14H,5-8H2,1-4H3;/q2*-1;;/b;;12-9-;. The Morgan fingerprint density at radius 3 is 1.60 bits per heavy atom. The van der Waals surface area contributed by atoms with Gasteiger partial charge < -0.3 is 10.1 Å². The van der Waals surface area contributed by atoms with Gasteiger partial charge in [0.1, 0.15) is 0 Å². The maximum absolute atomic E-state index is 14.1. The predicted octanol–water partition coefficient (Wildman–Crippen LogP) is 21.3. The molecule has 0 saturated heterocycles. The van der Waals surface area contributed by atoms with Gasteiger partial charge in [0.2, 0.25) is 0 Å². The first-order valence-electron chi connectivity index (χ1n) is 28.8. The van der Waals surface area contributed by atoms with Crippen LogP contribution in [0.25, 0.3) is 77.8 Å². The topological polar surface area (TPSA) is 63.1 Å². The van der Waals surface area contributed by atoms with Gasteiger partial charge in [-0.15, -0.1) is 64.0 Å². The zero-order valence-corrected chi connectivity index (χ0v) is 52.6. The quantitative estimate of drug-likeness (QED) is 0.0669. The normalized spacial score (nSPS) is 11.8. The Hall–Kier alpha value is -7.25. The minimum absolute atomic E-state index is 0. The maximum atomic E-state index is 14.1. The Balaban J connectivity index is 0.000000225. The summed E-state index contributed by atoms with van der Waals surface area (Å²) < 4.78 is 42.4. The molecule has 0 atom stereocenters. The summed E-state index contributed by atoms with van der Waals surface area (Å²) in [7, 11) is 0. The first kappa shape index (κ1) is 64.9. The molecular weight excluding hydrogens is 1210 g/mol. The summed E-state index contributed by atoms with van der Waals surface area (Å²) >= 11 is 0. The molecule has 0 aliphatic heterocycles. The van der Waals surface area contributed by atoms with Gasteiger partial charge in [-0.05, 0) is 105 Å². The number of rotatable bonds is 14. The summed E-state index contributed by atoms with van der Waals surface area (Å²) in [6.45, 7) is 25.3. The zero-order chi connectivity index (χ0) is 59.4. The van der Waals surface area contributed by atoms with E-state index in [0.29, 0.717) is 16.8 Å². The van der Waals surface area contributed by atoms with Crippen molar-refractivity contribution in [2.24, 2.45) is 17.3 Å². The third-order valence-electron chi connectivity index (χ3n) is 14.9. The van der Waals surface area contributed by atoms with Crippen molar-refractivity contribution >= 4 is 16.6 Å². The monoisotopic (exact) mass is 1290 g/mol. The van der Waals surface area contributed by atoms with E-state index in [2.05, 4.69) is 181 Å². The fourth-order valence-electron chi connectivity index (χ4n) is 10.4. The van der Waals surface area contributed by atoms with Crippen molar-refractivity contribution in [3.63, 3.8) is 0 Å². The number of hydrogen-bond acceptors (Lipinski definition) is 4. The summed E-state index contributed by atoms with van der Waals surface area (Å²) in [5.41, 5.74) is 14.6. The average Bonchev–Trinajstić information content (AvgIpc) is 3.50. The largest absolute Gasteiger partial charge is 0.512 e. The first-order chi connectivity index (χ1) is 39.0. The number of ketones is 1. The summed E-state index contributed by atoms with van der Waals surface area (Å²) in [6, 6.07) is 61.6. The van der Waals surface area contributed by atoms with E-state index < -0.39 is 11.7 Å². The van der Waals surface area contributed by atoms with Gasteiger partial charge in [-0.3, -0.25) is 9.78 Å². The molecule has 1 radical (unpaired) electrons. The van der Waals surface area contributed by atoms with Gasteiger partial charge in [-0.1, -0.05) is 227 Å². The Bertz CT molecular complexity index is 3560. The maximum Gasteiger partial charge on any atom is 0.418 e. The zero-order valence-electron chi connectivity index (χ0n) is 50.2. The number of carbonyl (C=O) groups excluding carboxylic acids is 1. The number of aliphatic hydroxyl groups is 1.